The predicted octanol–water partition coefficient (Wildman–Crippen LogP) is 5.42. The van der Waals surface area contributed by atoms with E-state index in [2.05, 4.69) is 15.6 Å². The summed E-state index contributed by atoms with van der Waals surface area (Å²) in [5.74, 6) is -3.23. The molecule has 0 saturated heterocycles. The highest BCUT2D eigenvalue weighted by atomic mass is 19.4. The molecule has 2 amide bonds. The molecule has 1 heterocycles. The zero-order chi connectivity index (χ0) is 25.3. The number of aromatic nitrogens is 1. The van der Waals surface area contributed by atoms with E-state index in [1.165, 1.54) is 49.5 Å². The maximum atomic E-state index is 14.7. The van der Waals surface area contributed by atoms with E-state index >= 15 is 0 Å². The smallest absolute Gasteiger partial charge is 0.354 e. The van der Waals surface area contributed by atoms with Crippen LogP contribution in [0.15, 0.2) is 60.7 Å². The molecule has 0 radical (unpaired) electrons. The van der Waals surface area contributed by atoms with Gasteiger partial charge in [-0.25, -0.2) is 8.78 Å². The van der Waals surface area contributed by atoms with E-state index in [0.29, 0.717) is 0 Å². The van der Waals surface area contributed by atoms with Crippen molar-refractivity contribution in [2.24, 2.45) is 0 Å². The predicted molar refractivity (Wildman–Crippen MR) is 120 cm³/mol. The van der Waals surface area contributed by atoms with Gasteiger partial charge in [0.2, 0.25) is 0 Å². The van der Waals surface area contributed by atoms with E-state index in [0.717, 1.165) is 18.2 Å². The summed E-state index contributed by atoms with van der Waals surface area (Å²) < 4.78 is 67.6. The third kappa shape index (κ3) is 4.86. The van der Waals surface area contributed by atoms with E-state index in [1.54, 1.807) is 0 Å². The molecule has 35 heavy (non-hydrogen) atoms. The number of benzene rings is 3. The minimum Gasteiger partial charge on any atom is -0.354 e. The third-order valence-corrected chi connectivity index (χ3v) is 5.43. The number of fused-ring (bicyclic) bond motifs is 1. The monoisotopic (exact) mass is 487 g/mol. The van der Waals surface area contributed by atoms with Crippen LogP contribution in [-0.2, 0) is 12.7 Å². The molecule has 0 unspecified atom stereocenters. The van der Waals surface area contributed by atoms with Gasteiger partial charge in [-0.2, -0.15) is 13.2 Å². The van der Waals surface area contributed by atoms with Crippen LogP contribution in [0.5, 0.6) is 0 Å². The van der Waals surface area contributed by atoms with Crippen LogP contribution >= 0.6 is 0 Å². The van der Waals surface area contributed by atoms with Gasteiger partial charge in [0.25, 0.3) is 11.8 Å². The summed E-state index contributed by atoms with van der Waals surface area (Å²) >= 11 is 0. The summed E-state index contributed by atoms with van der Waals surface area (Å²) in [5, 5.41) is 5.24. The number of nitrogens with one attached hydrogen (secondary N) is 3. The van der Waals surface area contributed by atoms with Crippen LogP contribution in [0.2, 0.25) is 0 Å². The molecule has 4 rings (SSSR count). The Morgan fingerprint density at radius 1 is 0.943 bits per heavy atom. The molecule has 0 aliphatic rings. The first kappa shape index (κ1) is 23.9. The Hall–Kier alpha value is -4.21. The number of halogens is 5. The molecule has 0 atom stereocenters. The fourth-order valence-corrected chi connectivity index (χ4v) is 3.69. The number of alkyl halides is 3. The molecular formula is C25H18F5N3O2. The van der Waals surface area contributed by atoms with Gasteiger partial charge in [0, 0.05) is 41.7 Å². The van der Waals surface area contributed by atoms with Gasteiger partial charge < -0.3 is 15.6 Å². The summed E-state index contributed by atoms with van der Waals surface area (Å²) in [6, 6.07) is 12.6. The van der Waals surface area contributed by atoms with Crippen LogP contribution in [-0.4, -0.2) is 23.8 Å². The zero-order valence-corrected chi connectivity index (χ0v) is 18.2. The van der Waals surface area contributed by atoms with Crippen molar-refractivity contribution in [3.8, 4) is 11.1 Å². The topological polar surface area (TPSA) is 74.0 Å². The van der Waals surface area contributed by atoms with E-state index in [1.807, 2.05) is 0 Å². The maximum Gasteiger partial charge on any atom is 0.416 e. The number of hydrogen-bond acceptors (Lipinski definition) is 2. The van der Waals surface area contributed by atoms with Crippen molar-refractivity contribution >= 4 is 22.7 Å². The van der Waals surface area contributed by atoms with Crippen LogP contribution in [0, 0.1) is 11.6 Å². The fourth-order valence-electron chi connectivity index (χ4n) is 3.69. The molecule has 0 bridgehead atoms. The number of rotatable bonds is 5. The van der Waals surface area contributed by atoms with Crippen LogP contribution in [0.4, 0.5) is 22.0 Å². The van der Waals surface area contributed by atoms with Crippen LogP contribution in [0.1, 0.15) is 32.0 Å². The summed E-state index contributed by atoms with van der Waals surface area (Å²) in [6.45, 7) is -0.130. The van der Waals surface area contributed by atoms with Crippen molar-refractivity contribution in [2.45, 2.75) is 12.7 Å². The Kier molecular flexibility index (Phi) is 6.29. The Morgan fingerprint density at radius 3 is 2.31 bits per heavy atom. The van der Waals surface area contributed by atoms with Crippen molar-refractivity contribution < 1.29 is 31.5 Å². The highest BCUT2D eigenvalue weighted by Crippen LogP contribution is 2.34. The number of hydrogen-bond donors (Lipinski definition) is 3. The van der Waals surface area contributed by atoms with Crippen molar-refractivity contribution in [1.29, 1.82) is 0 Å². The van der Waals surface area contributed by atoms with Crippen molar-refractivity contribution in [3.05, 3.63) is 94.7 Å². The molecule has 0 spiro atoms. The first-order valence-corrected chi connectivity index (χ1v) is 10.4. The van der Waals surface area contributed by atoms with Gasteiger partial charge in [-0.05, 0) is 41.5 Å². The van der Waals surface area contributed by atoms with Crippen molar-refractivity contribution in [3.63, 3.8) is 0 Å². The molecule has 180 valence electrons. The molecule has 5 nitrogen and oxygen atoms in total. The lowest BCUT2D eigenvalue weighted by Crippen LogP contribution is -2.23. The van der Waals surface area contributed by atoms with Gasteiger partial charge in [-0.3, -0.25) is 9.59 Å². The van der Waals surface area contributed by atoms with Crippen LogP contribution in [0.25, 0.3) is 22.0 Å². The highest BCUT2D eigenvalue weighted by molar-refractivity contribution is 6.03. The van der Waals surface area contributed by atoms with E-state index in [9.17, 15) is 31.5 Å². The number of carbonyl (C=O) groups is 2. The lowest BCUT2D eigenvalue weighted by molar-refractivity contribution is -0.137. The molecule has 1 aromatic heterocycles. The third-order valence-electron chi connectivity index (χ3n) is 5.43. The Morgan fingerprint density at radius 2 is 1.66 bits per heavy atom. The van der Waals surface area contributed by atoms with Gasteiger partial charge >= 0.3 is 6.18 Å². The van der Waals surface area contributed by atoms with Gasteiger partial charge in [0.05, 0.1) is 5.56 Å². The number of aromatic amines is 1. The molecule has 10 heteroatoms. The van der Waals surface area contributed by atoms with Gasteiger partial charge in [-0.15, -0.1) is 0 Å². The maximum absolute atomic E-state index is 14.7. The first-order chi connectivity index (χ1) is 16.6. The zero-order valence-electron chi connectivity index (χ0n) is 18.2. The summed E-state index contributed by atoms with van der Waals surface area (Å²) in [5.41, 5.74) is 0.162. The second kappa shape index (κ2) is 9.21. The Balaban J connectivity index is 1.57. The normalized spacial score (nSPS) is 11.5. The molecule has 4 aromatic rings. The Labute approximate surface area is 196 Å². The van der Waals surface area contributed by atoms with Crippen LogP contribution < -0.4 is 10.6 Å². The first-order valence-electron chi connectivity index (χ1n) is 10.4. The summed E-state index contributed by atoms with van der Waals surface area (Å²) in [7, 11) is 1.42. The second-order valence-electron chi connectivity index (χ2n) is 7.73. The van der Waals surface area contributed by atoms with Crippen molar-refractivity contribution in [2.75, 3.05) is 7.05 Å². The number of amides is 2. The summed E-state index contributed by atoms with van der Waals surface area (Å²) in [4.78, 5) is 27.1. The molecular weight excluding hydrogens is 469 g/mol. The fraction of sp³-hybridized carbons (Fsp3) is 0.120. The Bertz CT molecular complexity index is 1430. The summed E-state index contributed by atoms with van der Waals surface area (Å²) in [6.07, 6.45) is -4.49. The van der Waals surface area contributed by atoms with E-state index in [4.69, 9.17) is 0 Å². The average molecular weight is 487 g/mol. The van der Waals surface area contributed by atoms with Gasteiger partial charge in [0.15, 0.2) is 11.6 Å². The quantitative estimate of drug-likeness (QED) is 0.329. The lowest BCUT2D eigenvalue weighted by atomic mass is 9.99. The van der Waals surface area contributed by atoms with E-state index in [-0.39, 0.29) is 45.4 Å². The minimum atomic E-state index is -4.49. The highest BCUT2D eigenvalue weighted by Gasteiger charge is 2.30. The van der Waals surface area contributed by atoms with E-state index < -0.39 is 35.2 Å². The van der Waals surface area contributed by atoms with Crippen molar-refractivity contribution in [1.82, 2.24) is 15.6 Å². The molecule has 0 aliphatic carbocycles. The second-order valence-corrected chi connectivity index (χ2v) is 7.73. The van der Waals surface area contributed by atoms with Crippen LogP contribution in [0.3, 0.4) is 0 Å². The average Bonchev–Trinajstić information content (AvgIpc) is 3.26. The largest absolute Gasteiger partial charge is 0.416 e. The molecule has 0 aliphatic heterocycles. The van der Waals surface area contributed by atoms with Gasteiger partial charge in [-0.1, -0.05) is 24.3 Å². The number of carbonyl (C=O) groups excluding carboxylic acids is 2. The standard InChI is InChI=1S/C25H18F5N3O2/c1-31-24(35)20-10-17-19(33-20)11-18(26)22(27)21(17)14-5-7-15(8-6-14)23(34)32-12-13-3-2-4-16(9-13)25(28,29)30/h2-11,33H,12H2,1H3,(H,31,35)(H,32,34). The molecule has 3 aromatic carbocycles. The SMILES string of the molecule is CNC(=O)c1cc2c(-c3ccc(C(=O)NCc4cccc(C(F)(F)F)c4)cc3)c(F)c(F)cc2[nH]1. The molecule has 0 fully saturated rings. The molecule has 0 saturated carbocycles. The van der Waals surface area contributed by atoms with Gasteiger partial charge in [0.1, 0.15) is 5.69 Å². The minimum absolute atomic E-state index is 0.0812. The lowest BCUT2D eigenvalue weighted by Gasteiger charge is -2.10. The molecule has 3 N–H and O–H groups in total. The number of H-pyrrole nitrogens is 1.